The molecule has 2 rings (SSSR count). The summed E-state index contributed by atoms with van der Waals surface area (Å²) in [5.74, 6) is 1.17. The highest BCUT2D eigenvalue weighted by Crippen LogP contribution is 2.37. The van der Waals surface area contributed by atoms with E-state index in [-0.39, 0.29) is 12.2 Å². The molecule has 0 aromatic carbocycles. The molecule has 1 aliphatic carbocycles. The Morgan fingerprint density at radius 3 is 2.79 bits per heavy atom. The van der Waals surface area contributed by atoms with Gasteiger partial charge in [-0.05, 0) is 25.2 Å². The van der Waals surface area contributed by atoms with Crippen LogP contribution in [0.5, 0.6) is 0 Å². The van der Waals surface area contributed by atoms with Crippen molar-refractivity contribution in [1.29, 1.82) is 0 Å². The quantitative estimate of drug-likeness (QED) is 0.694. The van der Waals surface area contributed by atoms with E-state index in [1.165, 1.54) is 6.42 Å². The average molecular weight is 199 g/mol. The summed E-state index contributed by atoms with van der Waals surface area (Å²) in [6.45, 7) is 4.87. The fourth-order valence-electron chi connectivity index (χ4n) is 2.91. The van der Waals surface area contributed by atoms with E-state index >= 15 is 0 Å². The predicted molar refractivity (Wildman–Crippen MR) is 55.0 cm³/mol. The Labute approximate surface area is 85.7 Å². The molecule has 0 aromatic rings. The number of aliphatic hydroxyl groups excluding tert-OH is 2. The zero-order valence-corrected chi connectivity index (χ0v) is 8.89. The lowest BCUT2D eigenvalue weighted by Gasteiger charge is -2.20. The molecule has 3 heteroatoms. The Morgan fingerprint density at radius 2 is 2.14 bits per heavy atom. The first-order valence-corrected chi connectivity index (χ1v) is 5.79. The van der Waals surface area contributed by atoms with Gasteiger partial charge in [0.1, 0.15) is 0 Å². The van der Waals surface area contributed by atoms with Gasteiger partial charge in [0.25, 0.3) is 0 Å². The monoisotopic (exact) mass is 199 g/mol. The summed E-state index contributed by atoms with van der Waals surface area (Å²) in [5, 5.41) is 19.3. The highest BCUT2D eigenvalue weighted by molar-refractivity contribution is 4.93. The molecule has 0 bridgehead atoms. The van der Waals surface area contributed by atoms with Gasteiger partial charge in [0, 0.05) is 25.6 Å². The molecule has 0 radical (unpaired) electrons. The predicted octanol–water partition coefficient (Wildman–Crippen LogP) is 0.460. The third-order valence-corrected chi connectivity index (χ3v) is 3.83. The third-order valence-electron chi connectivity index (χ3n) is 3.83. The third kappa shape index (κ3) is 1.95. The molecule has 82 valence electrons. The van der Waals surface area contributed by atoms with E-state index < -0.39 is 0 Å². The number of fused-ring (bicyclic) bond motifs is 1. The minimum absolute atomic E-state index is 0.0798. The lowest BCUT2D eigenvalue weighted by Crippen LogP contribution is -2.32. The first-order chi connectivity index (χ1) is 6.70. The van der Waals surface area contributed by atoms with Crippen molar-refractivity contribution in [3.8, 4) is 0 Å². The van der Waals surface area contributed by atoms with Crippen LogP contribution >= 0.6 is 0 Å². The maximum atomic E-state index is 9.72. The van der Waals surface area contributed by atoms with Crippen LogP contribution in [0.1, 0.15) is 26.2 Å². The second-order valence-electron chi connectivity index (χ2n) is 4.85. The summed E-state index contributed by atoms with van der Waals surface area (Å²) in [6, 6.07) is 0. The van der Waals surface area contributed by atoms with Gasteiger partial charge in [-0.15, -0.1) is 0 Å². The highest BCUT2D eigenvalue weighted by atomic mass is 16.3. The Hall–Kier alpha value is -0.120. The van der Waals surface area contributed by atoms with Gasteiger partial charge in [0.05, 0.1) is 12.2 Å². The molecule has 2 fully saturated rings. The zero-order chi connectivity index (χ0) is 10.1. The largest absolute Gasteiger partial charge is 0.393 e. The van der Waals surface area contributed by atoms with Gasteiger partial charge in [0.15, 0.2) is 0 Å². The van der Waals surface area contributed by atoms with Crippen LogP contribution in [0.2, 0.25) is 0 Å². The Kier molecular flexibility index (Phi) is 3.10. The molecule has 4 atom stereocenters. The minimum Gasteiger partial charge on any atom is -0.393 e. The number of likely N-dealkylation sites (tertiary alicyclic amines) is 1. The van der Waals surface area contributed by atoms with Crippen LogP contribution in [0.25, 0.3) is 0 Å². The highest BCUT2D eigenvalue weighted by Gasteiger charge is 2.41. The SMILES string of the molecule is CC[C@H](O)CN1CC2CCC(O)C2C1. The van der Waals surface area contributed by atoms with E-state index in [1.807, 2.05) is 6.92 Å². The van der Waals surface area contributed by atoms with Crippen LogP contribution in [0.15, 0.2) is 0 Å². The van der Waals surface area contributed by atoms with E-state index in [0.717, 1.165) is 32.5 Å². The fourth-order valence-corrected chi connectivity index (χ4v) is 2.91. The van der Waals surface area contributed by atoms with Gasteiger partial charge >= 0.3 is 0 Å². The molecule has 1 heterocycles. The average Bonchev–Trinajstić information content (AvgIpc) is 2.69. The second-order valence-corrected chi connectivity index (χ2v) is 4.85. The van der Waals surface area contributed by atoms with Crippen molar-refractivity contribution >= 4 is 0 Å². The summed E-state index contributed by atoms with van der Waals surface area (Å²) >= 11 is 0. The molecular weight excluding hydrogens is 178 g/mol. The normalized spacial score (nSPS) is 40.1. The van der Waals surface area contributed by atoms with E-state index in [9.17, 15) is 10.2 Å². The molecule has 0 spiro atoms. The maximum Gasteiger partial charge on any atom is 0.0664 e. The Bertz CT molecular complexity index is 198. The van der Waals surface area contributed by atoms with E-state index in [1.54, 1.807) is 0 Å². The number of hydrogen-bond acceptors (Lipinski definition) is 3. The summed E-state index contributed by atoms with van der Waals surface area (Å²) in [6.07, 6.45) is 2.72. The summed E-state index contributed by atoms with van der Waals surface area (Å²) < 4.78 is 0. The number of β-amino-alcohol motifs (C(OH)–C–C–N with tert-alkyl or cyclic N) is 1. The minimum atomic E-state index is -0.189. The molecule has 1 saturated heterocycles. The van der Waals surface area contributed by atoms with Crippen molar-refractivity contribution in [2.24, 2.45) is 11.8 Å². The van der Waals surface area contributed by atoms with E-state index in [4.69, 9.17) is 0 Å². The molecule has 3 unspecified atom stereocenters. The molecule has 0 amide bonds. The molecule has 1 saturated carbocycles. The topological polar surface area (TPSA) is 43.7 Å². The van der Waals surface area contributed by atoms with Crippen LogP contribution in [0.3, 0.4) is 0 Å². The van der Waals surface area contributed by atoms with Gasteiger partial charge < -0.3 is 15.1 Å². The zero-order valence-electron chi connectivity index (χ0n) is 8.89. The van der Waals surface area contributed by atoms with Crippen LogP contribution in [0, 0.1) is 11.8 Å². The smallest absolute Gasteiger partial charge is 0.0664 e. The van der Waals surface area contributed by atoms with Crippen molar-refractivity contribution in [2.45, 2.75) is 38.4 Å². The lowest BCUT2D eigenvalue weighted by molar-refractivity contribution is 0.0990. The molecule has 2 aliphatic rings. The summed E-state index contributed by atoms with van der Waals surface area (Å²) in [5.41, 5.74) is 0. The van der Waals surface area contributed by atoms with E-state index in [2.05, 4.69) is 4.90 Å². The van der Waals surface area contributed by atoms with Crippen molar-refractivity contribution < 1.29 is 10.2 Å². The number of rotatable bonds is 3. The van der Waals surface area contributed by atoms with Crippen molar-refractivity contribution in [3.05, 3.63) is 0 Å². The second kappa shape index (κ2) is 4.17. The van der Waals surface area contributed by atoms with Gasteiger partial charge in [0.2, 0.25) is 0 Å². The number of nitrogens with zero attached hydrogens (tertiary/aromatic N) is 1. The van der Waals surface area contributed by atoms with Crippen LogP contribution in [-0.2, 0) is 0 Å². The van der Waals surface area contributed by atoms with Gasteiger partial charge in [-0.2, -0.15) is 0 Å². The van der Waals surface area contributed by atoms with Gasteiger partial charge in [-0.3, -0.25) is 0 Å². The van der Waals surface area contributed by atoms with Gasteiger partial charge in [-0.1, -0.05) is 6.92 Å². The fraction of sp³-hybridized carbons (Fsp3) is 1.00. The Balaban J connectivity index is 1.83. The van der Waals surface area contributed by atoms with E-state index in [0.29, 0.717) is 11.8 Å². The number of aliphatic hydroxyl groups is 2. The standard InChI is InChI=1S/C11H21NO2/c1-2-9(13)6-12-5-8-3-4-11(14)10(8)7-12/h8-11,13-14H,2-7H2,1H3/t8?,9-,10?,11?/m0/s1. The first-order valence-electron chi connectivity index (χ1n) is 5.79. The molecular formula is C11H21NO2. The summed E-state index contributed by atoms with van der Waals surface area (Å²) in [7, 11) is 0. The van der Waals surface area contributed by atoms with Crippen LogP contribution in [0.4, 0.5) is 0 Å². The van der Waals surface area contributed by atoms with Crippen molar-refractivity contribution in [2.75, 3.05) is 19.6 Å². The number of hydrogen-bond donors (Lipinski definition) is 2. The molecule has 2 N–H and O–H groups in total. The van der Waals surface area contributed by atoms with Crippen molar-refractivity contribution in [1.82, 2.24) is 4.90 Å². The maximum absolute atomic E-state index is 9.72. The lowest BCUT2D eigenvalue weighted by atomic mass is 10.00. The van der Waals surface area contributed by atoms with Crippen LogP contribution < -0.4 is 0 Å². The molecule has 0 aromatic heterocycles. The molecule has 1 aliphatic heterocycles. The van der Waals surface area contributed by atoms with Crippen molar-refractivity contribution in [3.63, 3.8) is 0 Å². The first kappa shape index (κ1) is 10.4. The Morgan fingerprint density at radius 1 is 1.36 bits per heavy atom. The summed E-state index contributed by atoms with van der Waals surface area (Å²) in [4.78, 5) is 2.31. The molecule has 3 nitrogen and oxygen atoms in total. The molecule has 14 heavy (non-hydrogen) atoms. The van der Waals surface area contributed by atoms with Crippen LogP contribution in [-0.4, -0.2) is 47.0 Å². The van der Waals surface area contributed by atoms with Gasteiger partial charge in [-0.25, -0.2) is 0 Å².